The molecule has 38 valence electrons. The Morgan fingerprint density at radius 2 is 0.750 bits per heavy atom. The molecular weight excluding hydrogens is 337 g/mol. The van der Waals surface area contributed by atoms with Crippen LogP contribution in [0.4, 0.5) is 0 Å². The van der Waals surface area contributed by atoms with Crippen molar-refractivity contribution in [1.82, 2.24) is 0 Å². The first-order valence-corrected chi connectivity index (χ1v) is 0. The summed E-state index contributed by atoms with van der Waals surface area (Å²) in [6.45, 7) is 0. The van der Waals surface area contributed by atoms with Crippen molar-refractivity contribution in [3.05, 3.63) is 0 Å². The fourth-order valence-corrected chi connectivity index (χ4v) is 0. The minimum atomic E-state index is 0. The van der Waals surface area contributed by atoms with E-state index in [0.717, 1.165) is 0 Å². The van der Waals surface area contributed by atoms with E-state index < -0.39 is 0 Å². The van der Waals surface area contributed by atoms with Crippen LogP contribution < -0.4 is 0 Å². The van der Waals surface area contributed by atoms with Crippen molar-refractivity contribution >= 4 is 0 Å². The number of hydrogen-bond donors (Lipinski definition) is 0. The van der Waals surface area contributed by atoms with E-state index in [4.69, 9.17) is 0 Å². The van der Waals surface area contributed by atoms with E-state index in [1.54, 1.807) is 0 Å². The molecule has 4 N–H and O–H groups in total. The summed E-state index contributed by atoms with van der Waals surface area (Å²) in [6, 6.07) is 0. The molecule has 2 radical (unpaired) electrons. The smallest absolute Gasteiger partial charge is 0 e. The molecule has 0 amide bonds. The third kappa shape index (κ3) is 9.99. The maximum atomic E-state index is 0. The van der Waals surface area contributed by atoms with Crippen molar-refractivity contribution in [3.63, 3.8) is 0 Å². The van der Waals surface area contributed by atoms with Gasteiger partial charge in [0, 0.05) is 44.8 Å². The zero-order chi connectivity index (χ0) is 0. The molecule has 0 atom stereocenters. The van der Waals surface area contributed by atoms with Crippen LogP contribution in [0, 0.1) is 0 Å². The molecule has 0 aliphatic heterocycles. The van der Waals surface area contributed by atoms with Crippen LogP contribution in [-0.4, -0.2) is 11.0 Å². The van der Waals surface area contributed by atoms with E-state index in [1.807, 2.05) is 0 Å². The Morgan fingerprint density at radius 1 is 0.750 bits per heavy atom. The molecule has 0 aromatic carbocycles. The van der Waals surface area contributed by atoms with E-state index in [1.165, 1.54) is 0 Å². The molecule has 0 aliphatic carbocycles. The topological polar surface area (TPSA) is 63.0 Å². The van der Waals surface area contributed by atoms with E-state index in [9.17, 15) is 0 Å². The van der Waals surface area contributed by atoms with Crippen LogP contribution in [-0.2, 0) is 44.8 Å². The van der Waals surface area contributed by atoms with Gasteiger partial charge in [0.1, 0.15) is 0 Å². The SMILES string of the molecule is O.O.[Ag].[Au]. The maximum absolute atomic E-state index is 0. The van der Waals surface area contributed by atoms with Crippen molar-refractivity contribution in [2.45, 2.75) is 0 Å². The normalized spacial score (nSPS) is 0. The zero-order valence-electron chi connectivity index (χ0n) is 1.60. The Bertz CT molecular complexity index is 6.00. The van der Waals surface area contributed by atoms with Crippen molar-refractivity contribution < 1.29 is 55.7 Å². The first kappa shape index (κ1) is 53.3. The Kier molecular flexibility index (Phi) is 346. The van der Waals surface area contributed by atoms with Gasteiger partial charge in [-0.3, -0.25) is 0 Å². The van der Waals surface area contributed by atoms with Gasteiger partial charge in [0.25, 0.3) is 0 Å². The molecule has 0 saturated heterocycles. The third-order valence-corrected chi connectivity index (χ3v) is 0. The van der Waals surface area contributed by atoms with E-state index in [2.05, 4.69) is 0 Å². The average molecular weight is 341 g/mol. The average Bonchev–Trinajstić information content (AvgIpc) is 0. The van der Waals surface area contributed by atoms with Gasteiger partial charge in [0.2, 0.25) is 0 Å². The summed E-state index contributed by atoms with van der Waals surface area (Å²) in [6.07, 6.45) is 0. The molecule has 0 unspecified atom stereocenters. The van der Waals surface area contributed by atoms with E-state index in [-0.39, 0.29) is 55.7 Å². The Labute approximate surface area is 55.6 Å². The second-order valence-corrected chi connectivity index (χ2v) is 0. The molecule has 2 nitrogen and oxygen atoms in total. The van der Waals surface area contributed by atoms with Crippen molar-refractivity contribution in [1.29, 1.82) is 0 Å². The molecule has 0 aromatic heterocycles. The largest absolute Gasteiger partial charge is 0.412 e. The first-order valence-electron chi connectivity index (χ1n) is 0. The van der Waals surface area contributed by atoms with Gasteiger partial charge in [-0.2, -0.15) is 0 Å². The minimum absolute atomic E-state index is 0. The van der Waals surface area contributed by atoms with Gasteiger partial charge in [-0.15, -0.1) is 0 Å². The fraction of sp³-hybridized carbons (Fsp3) is 0. The second-order valence-electron chi connectivity index (χ2n) is 0. The molecule has 0 rings (SSSR count). The molecule has 4 heavy (non-hydrogen) atoms. The minimum Gasteiger partial charge on any atom is -0.412 e. The standard InChI is InChI=1S/Ag.Au.2H2O/h;;2*1H2. The summed E-state index contributed by atoms with van der Waals surface area (Å²) >= 11 is 0. The van der Waals surface area contributed by atoms with Gasteiger partial charge in [0.15, 0.2) is 0 Å². The van der Waals surface area contributed by atoms with Crippen LogP contribution >= 0.6 is 0 Å². The van der Waals surface area contributed by atoms with Gasteiger partial charge in [-0.25, -0.2) is 0 Å². The van der Waals surface area contributed by atoms with Gasteiger partial charge >= 0.3 is 0 Å². The van der Waals surface area contributed by atoms with Gasteiger partial charge < -0.3 is 11.0 Å². The quantitative estimate of drug-likeness (QED) is 0.474. The van der Waals surface area contributed by atoms with Gasteiger partial charge in [0.05, 0.1) is 0 Å². The number of rotatable bonds is 0. The first-order chi connectivity index (χ1) is 0. The van der Waals surface area contributed by atoms with Crippen LogP contribution in [0.5, 0.6) is 0 Å². The molecule has 0 fully saturated rings. The van der Waals surface area contributed by atoms with Crippen molar-refractivity contribution in [2.24, 2.45) is 0 Å². The Hall–Kier alpha value is 1.40. The molecule has 0 spiro atoms. The van der Waals surface area contributed by atoms with Gasteiger partial charge in [-0.05, 0) is 0 Å². The molecule has 0 bridgehead atoms. The summed E-state index contributed by atoms with van der Waals surface area (Å²) in [5.74, 6) is 0. The van der Waals surface area contributed by atoms with Crippen LogP contribution in [0.2, 0.25) is 0 Å². The summed E-state index contributed by atoms with van der Waals surface area (Å²) in [5, 5.41) is 0. The van der Waals surface area contributed by atoms with Crippen molar-refractivity contribution in [3.8, 4) is 0 Å². The fourth-order valence-electron chi connectivity index (χ4n) is 0. The van der Waals surface area contributed by atoms with E-state index in [0.29, 0.717) is 0 Å². The predicted molar refractivity (Wildman–Crippen MR) is 7.23 cm³/mol. The molecule has 0 aromatic rings. The third-order valence-electron chi connectivity index (χ3n) is 0. The maximum Gasteiger partial charge on any atom is 0 e. The summed E-state index contributed by atoms with van der Waals surface area (Å²) in [5.41, 5.74) is 0. The molecular formula is H4AgAuO2. The zero-order valence-corrected chi connectivity index (χ0v) is 5.25. The Balaban J connectivity index is 0. The summed E-state index contributed by atoms with van der Waals surface area (Å²) in [4.78, 5) is 0. The second kappa shape index (κ2) is 25.9. The Morgan fingerprint density at radius 3 is 0.750 bits per heavy atom. The summed E-state index contributed by atoms with van der Waals surface area (Å²) in [7, 11) is 0. The summed E-state index contributed by atoms with van der Waals surface area (Å²) < 4.78 is 0. The van der Waals surface area contributed by atoms with Crippen molar-refractivity contribution in [2.75, 3.05) is 0 Å². The van der Waals surface area contributed by atoms with Gasteiger partial charge in [-0.1, -0.05) is 0 Å². The van der Waals surface area contributed by atoms with E-state index >= 15 is 0 Å². The van der Waals surface area contributed by atoms with Crippen LogP contribution in [0.1, 0.15) is 0 Å². The molecule has 0 aliphatic rings. The number of hydrogen-bond acceptors (Lipinski definition) is 0. The molecule has 0 heterocycles. The molecule has 0 saturated carbocycles. The molecule has 4 heteroatoms. The van der Waals surface area contributed by atoms with Crippen LogP contribution in [0.15, 0.2) is 0 Å². The van der Waals surface area contributed by atoms with Crippen LogP contribution in [0.3, 0.4) is 0 Å². The van der Waals surface area contributed by atoms with Crippen LogP contribution in [0.25, 0.3) is 0 Å². The monoisotopic (exact) mass is 340 g/mol. The predicted octanol–water partition coefficient (Wildman–Crippen LogP) is -1.65.